The molecule has 2 aromatic rings. The van der Waals surface area contributed by atoms with Gasteiger partial charge in [0.1, 0.15) is 5.54 Å². The summed E-state index contributed by atoms with van der Waals surface area (Å²) in [6.07, 6.45) is 0.381. The maximum Gasteiger partial charge on any atom is 0.344 e. The molecule has 1 aromatic heterocycles. The van der Waals surface area contributed by atoms with E-state index >= 15 is 0 Å². The van der Waals surface area contributed by atoms with Crippen molar-refractivity contribution in [2.24, 2.45) is 0 Å². The predicted octanol–water partition coefficient (Wildman–Crippen LogP) is 2.07. The molecule has 7 nitrogen and oxygen atoms in total. The van der Waals surface area contributed by atoms with Gasteiger partial charge in [0.05, 0.1) is 6.54 Å². The molecule has 1 aliphatic rings. The van der Waals surface area contributed by atoms with Gasteiger partial charge in [-0.05, 0) is 30.5 Å². The number of imide groups is 1. The second kappa shape index (κ2) is 7.89. The number of amides is 4. The minimum absolute atomic E-state index is 0.0689. The SMILES string of the molecule is CC[C@@]1(c2ccccc2)NC(=O)N(NC(=O)CN(C)Cc2cccs2)C1=O. The van der Waals surface area contributed by atoms with E-state index in [-0.39, 0.29) is 6.54 Å². The summed E-state index contributed by atoms with van der Waals surface area (Å²) < 4.78 is 0. The number of nitrogens with one attached hydrogen (secondary N) is 2. The smallest absolute Gasteiger partial charge is 0.318 e. The Morgan fingerprint density at radius 2 is 1.96 bits per heavy atom. The van der Waals surface area contributed by atoms with Crippen LogP contribution in [0.4, 0.5) is 4.79 Å². The summed E-state index contributed by atoms with van der Waals surface area (Å²) in [5, 5.41) is 5.51. The molecule has 0 bridgehead atoms. The molecule has 27 heavy (non-hydrogen) atoms. The molecular formula is C19H22N4O3S. The molecule has 1 fully saturated rings. The second-order valence-electron chi connectivity index (χ2n) is 6.48. The Morgan fingerprint density at radius 3 is 2.59 bits per heavy atom. The van der Waals surface area contributed by atoms with E-state index in [0.29, 0.717) is 18.5 Å². The van der Waals surface area contributed by atoms with Crippen LogP contribution in [0.1, 0.15) is 23.8 Å². The van der Waals surface area contributed by atoms with Crippen molar-refractivity contribution >= 4 is 29.2 Å². The van der Waals surface area contributed by atoms with Crippen molar-refractivity contribution in [2.75, 3.05) is 13.6 Å². The summed E-state index contributed by atoms with van der Waals surface area (Å²) >= 11 is 1.61. The number of benzene rings is 1. The predicted molar refractivity (Wildman–Crippen MR) is 103 cm³/mol. The summed E-state index contributed by atoms with van der Waals surface area (Å²) in [4.78, 5) is 40.6. The highest BCUT2D eigenvalue weighted by atomic mass is 32.1. The number of hydrogen-bond donors (Lipinski definition) is 2. The third-order valence-corrected chi connectivity index (χ3v) is 5.41. The normalized spacial score (nSPS) is 19.4. The molecule has 142 valence electrons. The van der Waals surface area contributed by atoms with Crippen LogP contribution in [0.2, 0.25) is 0 Å². The first-order chi connectivity index (χ1) is 13.0. The number of rotatable bonds is 7. The van der Waals surface area contributed by atoms with Crippen molar-refractivity contribution in [3.05, 3.63) is 58.3 Å². The summed E-state index contributed by atoms with van der Waals surface area (Å²) in [6.45, 7) is 2.51. The number of carbonyl (C=O) groups is 3. The summed E-state index contributed by atoms with van der Waals surface area (Å²) in [5.41, 5.74) is 1.98. The third kappa shape index (κ3) is 3.86. The maximum atomic E-state index is 13.0. The van der Waals surface area contributed by atoms with Gasteiger partial charge in [0.2, 0.25) is 0 Å². The lowest BCUT2D eigenvalue weighted by atomic mass is 9.87. The quantitative estimate of drug-likeness (QED) is 0.714. The van der Waals surface area contributed by atoms with Crippen molar-refractivity contribution in [1.82, 2.24) is 20.7 Å². The lowest BCUT2D eigenvalue weighted by molar-refractivity contribution is -0.139. The number of carbonyl (C=O) groups excluding carboxylic acids is 3. The van der Waals surface area contributed by atoms with Crippen LogP contribution in [-0.2, 0) is 21.7 Å². The Balaban J connectivity index is 1.67. The van der Waals surface area contributed by atoms with Gasteiger partial charge in [-0.3, -0.25) is 19.9 Å². The van der Waals surface area contributed by atoms with Crippen molar-refractivity contribution in [3.8, 4) is 0 Å². The standard InChI is InChI=1S/C19H22N4O3S/c1-3-19(14-8-5-4-6-9-14)17(25)23(18(26)20-19)21-16(24)13-22(2)12-15-10-7-11-27-15/h4-11H,3,12-13H2,1-2H3,(H,20,26)(H,21,24)/t19-/m0/s1. The number of thiophene rings is 1. The highest BCUT2D eigenvalue weighted by molar-refractivity contribution is 7.09. The highest BCUT2D eigenvalue weighted by Gasteiger charge is 2.52. The Kier molecular flexibility index (Phi) is 5.57. The minimum atomic E-state index is -1.16. The second-order valence-corrected chi connectivity index (χ2v) is 7.51. The molecule has 1 aromatic carbocycles. The largest absolute Gasteiger partial charge is 0.344 e. The molecule has 3 rings (SSSR count). The number of likely N-dealkylation sites (N-methyl/N-ethyl adjacent to an activating group) is 1. The first-order valence-corrected chi connectivity index (χ1v) is 9.57. The van der Waals surface area contributed by atoms with E-state index in [2.05, 4.69) is 10.7 Å². The van der Waals surface area contributed by atoms with Crippen molar-refractivity contribution in [1.29, 1.82) is 0 Å². The fourth-order valence-corrected chi connectivity index (χ4v) is 3.95. The first kappa shape index (κ1) is 19.1. The highest BCUT2D eigenvalue weighted by Crippen LogP contribution is 2.31. The number of hydrogen-bond acceptors (Lipinski definition) is 5. The van der Waals surface area contributed by atoms with Crippen molar-refractivity contribution in [3.63, 3.8) is 0 Å². The zero-order valence-electron chi connectivity index (χ0n) is 15.3. The fourth-order valence-electron chi connectivity index (χ4n) is 3.17. The summed E-state index contributed by atoms with van der Waals surface area (Å²) in [5.74, 6) is -0.895. The van der Waals surface area contributed by atoms with Gasteiger partial charge in [-0.25, -0.2) is 4.79 Å². The molecule has 2 heterocycles. The van der Waals surface area contributed by atoms with Gasteiger partial charge in [-0.2, -0.15) is 5.01 Å². The van der Waals surface area contributed by atoms with E-state index in [1.54, 1.807) is 23.5 Å². The van der Waals surface area contributed by atoms with Gasteiger partial charge < -0.3 is 5.32 Å². The molecule has 2 N–H and O–H groups in total. The molecule has 1 aliphatic heterocycles. The topological polar surface area (TPSA) is 81.8 Å². The zero-order chi connectivity index (χ0) is 19.4. The summed E-state index contributed by atoms with van der Waals surface area (Å²) in [6, 6.07) is 12.4. The zero-order valence-corrected chi connectivity index (χ0v) is 16.1. The maximum absolute atomic E-state index is 13.0. The third-order valence-electron chi connectivity index (χ3n) is 4.54. The average molecular weight is 386 g/mol. The van der Waals surface area contributed by atoms with Gasteiger partial charge in [0, 0.05) is 11.4 Å². The lowest BCUT2D eigenvalue weighted by Gasteiger charge is -2.25. The van der Waals surface area contributed by atoms with E-state index in [0.717, 1.165) is 9.89 Å². The summed E-state index contributed by atoms with van der Waals surface area (Å²) in [7, 11) is 1.81. The molecule has 0 aliphatic carbocycles. The monoisotopic (exact) mass is 386 g/mol. The molecule has 0 spiro atoms. The van der Waals surface area contributed by atoms with Crippen molar-refractivity contribution in [2.45, 2.75) is 25.4 Å². The van der Waals surface area contributed by atoms with E-state index in [9.17, 15) is 14.4 Å². The molecule has 8 heteroatoms. The Morgan fingerprint density at radius 1 is 1.22 bits per heavy atom. The van der Waals surface area contributed by atoms with Crippen LogP contribution in [0.15, 0.2) is 47.8 Å². The fraction of sp³-hybridized carbons (Fsp3) is 0.316. The van der Waals surface area contributed by atoms with Gasteiger partial charge in [-0.1, -0.05) is 43.3 Å². The van der Waals surface area contributed by atoms with E-state index in [1.165, 1.54) is 0 Å². The van der Waals surface area contributed by atoms with Gasteiger partial charge >= 0.3 is 6.03 Å². The molecule has 0 saturated carbocycles. The molecule has 1 saturated heterocycles. The first-order valence-electron chi connectivity index (χ1n) is 8.69. The molecule has 0 unspecified atom stereocenters. The lowest BCUT2D eigenvalue weighted by Crippen LogP contribution is -2.50. The van der Waals surface area contributed by atoms with Gasteiger partial charge in [0.25, 0.3) is 11.8 Å². The van der Waals surface area contributed by atoms with Crippen LogP contribution in [0.3, 0.4) is 0 Å². The molecular weight excluding hydrogens is 364 g/mol. The van der Waals surface area contributed by atoms with Crippen LogP contribution in [0, 0.1) is 0 Å². The van der Waals surface area contributed by atoms with E-state index in [4.69, 9.17) is 0 Å². The molecule has 4 amide bonds. The minimum Gasteiger partial charge on any atom is -0.318 e. The Bertz CT molecular complexity index is 825. The molecule has 0 radical (unpaired) electrons. The number of urea groups is 1. The van der Waals surface area contributed by atoms with Crippen LogP contribution >= 0.6 is 11.3 Å². The van der Waals surface area contributed by atoms with Gasteiger partial charge in [-0.15, -0.1) is 11.3 Å². The Hall–Kier alpha value is -2.71. The molecule has 1 atom stereocenters. The number of hydrazine groups is 1. The van der Waals surface area contributed by atoms with E-state index < -0.39 is 23.4 Å². The van der Waals surface area contributed by atoms with Gasteiger partial charge in [0.15, 0.2) is 0 Å². The van der Waals surface area contributed by atoms with Crippen molar-refractivity contribution < 1.29 is 14.4 Å². The van der Waals surface area contributed by atoms with E-state index in [1.807, 2.05) is 54.6 Å². The van der Waals surface area contributed by atoms with Crippen LogP contribution in [0.25, 0.3) is 0 Å². The van der Waals surface area contributed by atoms with Crippen LogP contribution in [-0.4, -0.2) is 41.3 Å². The average Bonchev–Trinajstić information content (AvgIpc) is 3.24. The van der Waals surface area contributed by atoms with Crippen LogP contribution < -0.4 is 10.7 Å². The van der Waals surface area contributed by atoms with Crippen LogP contribution in [0.5, 0.6) is 0 Å². The Labute approximate surface area is 161 Å². The number of nitrogens with zero attached hydrogens (tertiary/aromatic N) is 2.